The molecule has 4 nitrogen and oxygen atoms in total. The Morgan fingerprint density at radius 2 is 1.81 bits per heavy atom. The number of quaternary nitrogens is 1. The zero-order valence-corrected chi connectivity index (χ0v) is 11.0. The Morgan fingerprint density at radius 3 is 2.31 bits per heavy atom. The average molecular weight is 248 g/mol. The zero-order valence-electron chi connectivity index (χ0n) is 10.2. The van der Waals surface area contributed by atoms with Crippen LogP contribution in [0.3, 0.4) is 0 Å². The molecule has 16 heavy (non-hydrogen) atoms. The lowest BCUT2D eigenvalue weighted by Crippen LogP contribution is -2.64. The van der Waals surface area contributed by atoms with Gasteiger partial charge in [0, 0.05) is 20.0 Å². The lowest BCUT2D eigenvalue weighted by Gasteiger charge is -2.50. The summed E-state index contributed by atoms with van der Waals surface area (Å²) in [6, 6.07) is 0.536. The SMILES string of the molecule is COC1CC[N+]2(CCS(=O)(=O)CC2)C(C)C1. The molecule has 0 saturated carbocycles. The zero-order chi connectivity index (χ0) is 11.8. The summed E-state index contributed by atoms with van der Waals surface area (Å²) in [6.07, 6.45) is 2.51. The van der Waals surface area contributed by atoms with Crippen LogP contribution in [-0.2, 0) is 14.6 Å². The summed E-state index contributed by atoms with van der Waals surface area (Å²) in [7, 11) is -0.976. The Balaban J connectivity index is 2.05. The van der Waals surface area contributed by atoms with Gasteiger partial charge in [-0.25, -0.2) is 8.42 Å². The van der Waals surface area contributed by atoms with E-state index in [1.54, 1.807) is 7.11 Å². The van der Waals surface area contributed by atoms with Gasteiger partial charge in [0.05, 0.1) is 43.3 Å². The number of hydrogen-bond acceptors (Lipinski definition) is 3. The third kappa shape index (κ3) is 2.26. The molecule has 0 aliphatic carbocycles. The molecule has 0 radical (unpaired) electrons. The molecule has 94 valence electrons. The topological polar surface area (TPSA) is 43.4 Å². The molecule has 5 heteroatoms. The molecule has 0 N–H and O–H groups in total. The summed E-state index contributed by atoms with van der Waals surface area (Å²) in [4.78, 5) is 0. The van der Waals surface area contributed by atoms with Crippen LogP contribution in [0.4, 0.5) is 0 Å². The fraction of sp³-hybridized carbons (Fsp3) is 1.00. The molecule has 2 unspecified atom stereocenters. The molecule has 2 aliphatic rings. The van der Waals surface area contributed by atoms with Crippen molar-refractivity contribution in [3.8, 4) is 0 Å². The maximum atomic E-state index is 11.5. The molecule has 2 atom stereocenters. The highest BCUT2D eigenvalue weighted by Crippen LogP contribution is 2.29. The van der Waals surface area contributed by atoms with E-state index in [9.17, 15) is 8.42 Å². The van der Waals surface area contributed by atoms with E-state index in [1.807, 2.05) is 0 Å². The second-order valence-electron chi connectivity index (χ2n) is 5.27. The van der Waals surface area contributed by atoms with Gasteiger partial charge in [-0.05, 0) is 6.92 Å². The molecule has 2 heterocycles. The van der Waals surface area contributed by atoms with Crippen LogP contribution in [0.15, 0.2) is 0 Å². The number of hydrogen-bond donors (Lipinski definition) is 0. The molecular formula is C11H22NO3S+. The van der Waals surface area contributed by atoms with Gasteiger partial charge in [-0.15, -0.1) is 0 Å². The Morgan fingerprint density at radius 1 is 1.19 bits per heavy atom. The van der Waals surface area contributed by atoms with Crippen LogP contribution >= 0.6 is 0 Å². The first-order chi connectivity index (χ1) is 7.47. The molecule has 0 aromatic carbocycles. The standard InChI is InChI=1S/C11H22NO3S/c1-10-9-11(15-2)3-4-12(10)5-7-16(13,14)8-6-12/h10-11H,3-9H2,1-2H3/q+1. The van der Waals surface area contributed by atoms with E-state index < -0.39 is 9.84 Å². The first-order valence-electron chi connectivity index (χ1n) is 6.06. The fourth-order valence-corrected chi connectivity index (χ4v) is 4.57. The van der Waals surface area contributed by atoms with Crippen LogP contribution in [0, 0.1) is 0 Å². The number of ether oxygens (including phenoxy) is 1. The molecular weight excluding hydrogens is 226 g/mol. The molecule has 0 bridgehead atoms. The Hall–Kier alpha value is -0.130. The van der Waals surface area contributed by atoms with Gasteiger partial charge in [0.1, 0.15) is 0 Å². The summed E-state index contributed by atoms with van der Waals surface area (Å²) < 4.78 is 29.3. The monoisotopic (exact) mass is 248 g/mol. The predicted octanol–water partition coefficient (Wildman–Crippen LogP) is 0.429. The van der Waals surface area contributed by atoms with E-state index in [4.69, 9.17) is 4.74 Å². The Kier molecular flexibility index (Phi) is 3.29. The number of methoxy groups -OCH3 is 1. The van der Waals surface area contributed by atoms with Crippen molar-refractivity contribution in [2.45, 2.75) is 31.9 Å². The maximum absolute atomic E-state index is 11.5. The molecule has 0 aromatic heterocycles. The summed E-state index contributed by atoms with van der Waals surface area (Å²) >= 11 is 0. The van der Waals surface area contributed by atoms with Crippen molar-refractivity contribution in [1.29, 1.82) is 0 Å². The van der Waals surface area contributed by atoms with Crippen LogP contribution in [0.2, 0.25) is 0 Å². The lowest BCUT2D eigenvalue weighted by molar-refractivity contribution is -0.952. The van der Waals surface area contributed by atoms with Gasteiger partial charge in [0.2, 0.25) is 0 Å². The number of rotatable bonds is 1. The molecule has 0 amide bonds. The van der Waals surface area contributed by atoms with Crippen LogP contribution in [0.25, 0.3) is 0 Å². The van der Waals surface area contributed by atoms with Gasteiger partial charge in [0.15, 0.2) is 9.84 Å². The van der Waals surface area contributed by atoms with Crippen molar-refractivity contribution in [3.05, 3.63) is 0 Å². The van der Waals surface area contributed by atoms with Gasteiger partial charge in [-0.2, -0.15) is 0 Å². The highest BCUT2D eigenvalue weighted by molar-refractivity contribution is 7.91. The highest BCUT2D eigenvalue weighted by atomic mass is 32.2. The van der Waals surface area contributed by atoms with Crippen molar-refractivity contribution < 1.29 is 17.6 Å². The molecule has 1 spiro atoms. The van der Waals surface area contributed by atoms with E-state index in [0.29, 0.717) is 23.7 Å². The third-order valence-electron chi connectivity index (χ3n) is 4.46. The largest absolute Gasteiger partial charge is 0.381 e. The second kappa shape index (κ2) is 4.27. The van der Waals surface area contributed by atoms with Crippen molar-refractivity contribution in [2.24, 2.45) is 0 Å². The molecule has 2 aliphatic heterocycles. The number of nitrogens with zero attached hydrogens (tertiary/aromatic N) is 1. The van der Waals surface area contributed by atoms with Crippen molar-refractivity contribution >= 4 is 9.84 Å². The number of sulfone groups is 1. The Labute approximate surface area is 98.1 Å². The van der Waals surface area contributed by atoms with Gasteiger partial charge >= 0.3 is 0 Å². The van der Waals surface area contributed by atoms with Gasteiger partial charge < -0.3 is 9.22 Å². The Bertz CT molecular complexity index is 338. The quantitative estimate of drug-likeness (QED) is 0.632. The maximum Gasteiger partial charge on any atom is 0.161 e. The van der Waals surface area contributed by atoms with Gasteiger partial charge in [-0.1, -0.05) is 0 Å². The minimum absolute atomic E-state index is 0.370. The average Bonchev–Trinajstić information content (AvgIpc) is 2.26. The van der Waals surface area contributed by atoms with E-state index in [2.05, 4.69) is 6.92 Å². The van der Waals surface area contributed by atoms with Crippen molar-refractivity contribution in [3.63, 3.8) is 0 Å². The summed E-state index contributed by atoms with van der Waals surface area (Å²) in [5.41, 5.74) is 0. The van der Waals surface area contributed by atoms with Crippen LogP contribution in [0.5, 0.6) is 0 Å². The summed E-state index contributed by atoms with van der Waals surface area (Å²) in [5.74, 6) is 0.740. The highest BCUT2D eigenvalue weighted by Gasteiger charge is 2.44. The molecule has 2 rings (SSSR count). The third-order valence-corrected chi connectivity index (χ3v) is 6.07. The molecule has 2 fully saturated rings. The smallest absolute Gasteiger partial charge is 0.161 e. The molecule has 0 aromatic rings. The summed E-state index contributed by atoms with van der Waals surface area (Å²) in [6.45, 7) is 4.93. The fourth-order valence-electron chi connectivity index (χ4n) is 3.08. The molecule has 2 saturated heterocycles. The van der Waals surface area contributed by atoms with Gasteiger partial charge in [0.25, 0.3) is 0 Å². The van der Waals surface area contributed by atoms with Gasteiger partial charge in [-0.3, -0.25) is 0 Å². The van der Waals surface area contributed by atoms with E-state index in [0.717, 1.165) is 37.0 Å². The lowest BCUT2D eigenvalue weighted by atomic mass is 9.97. The second-order valence-corrected chi connectivity index (χ2v) is 7.58. The van der Waals surface area contributed by atoms with Crippen LogP contribution in [-0.4, -0.2) is 63.3 Å². The van der Waals surface area contributed by atoms with E-state index in [1.165, 1.54) is 0 Å². The normalized spacial score (nSPS) is 37.4. The predicted molar refractivity (Wildman–Crippen MR) is 63.0 cm³/mol. The van der Waals surface area contributed by atoms with Crippen molar-refractivity contribution in [2.75, 3.05) is 38.2 Å². The summed E-state index contributed by atoms with van der Waals surface area (Å²) in [5, 5.41) is 0. The van der Waals surface area contributed by atoms with E-state index in [-0.39, 0.29) is 0 Å². The first kappa shape index (κ1) is 12.3. The minimum Gasteiger partial charge on any atom is -0.381 e. The van der Waals surface area contributed by atoms with Crippen molar-refractivity contribution in [1.82, 2.24) is 0 Å². The van der Waals surface area contributed by atoms with Crippen LogP contribution < -0.4 is 0 Å². The first-order valence-corrected chi connectivity index (χ1v) is 7.88. The van der Waals surface area contributed by atoms with E-state index >= 15 is 0 Å². The van der Waals surface area contributed by atoms with Crippen LogP contribution in [0.1, 0.15) is 19.8 Å². The minimum atomic E-state index is -2.75. The number of piperidine rings is 1.